The molecule has 1 heterocycles. The molecule has 1 unspecified atom stereocenters. The predicted molar refractivity (Wildman–Crippen MR) is 61.6 cm³/mol. The first-order chi connectivity index (χ1) is 7.58. The van der Waals surface area contributed by atoms with E-state index in [9.17, 15) is 4.79 Å². The molecule has 0 aliphatic rings. The molecule has 0 aliphatic heterocycles. The minimum Gasteiger partial charge on any atom is -0.481 e. The van der Waals surface area contributed by atoms with Crippen LogP contribution in [0.5, 0.6) is 0 Å². The Morgan fingerprint density at radius 2 is 2.38 bits per heavy atom. The van der Waals surface area contributed by atoms with Crippen molar-refractivity contribution < 1.29 is 9.90 Å². The number of aryl methyl sites for hydroxylation is 1. The highest BCUT2D eigenvalue weighted by Gasteiger charge is 2.13. The summed E-state index contributed by atoms with van der Waals surface area (Å²) in [5.41, 5.74) is 2.62. The Bertz CT molecular complexity index is 536. The van der Waals surface area contributed by atoms with E-state index < -0.39 is 11.3 Å². The number of aliphatic carboxylic acids is 1. The van der Waals surface area contributed by atoms with E-state index in [2.05, 4.69) is 4.98 Å². The first-order valence-corrected chi connectivity index (χ1v) is 5.28. The van der Waals surface area contributed by atoms with Crippen LogP contribution in [0.2, 0.25) is 0 Å². The molecular weight excluding hydrogens is 228 g/mol. The van der Waals surface area contributed by atoms with Crippen LogP contribution in [0.25, 0.3) is 11.0 Å². The van der Waals surface area contributed by atoms with Crippen molar-refractivity contribution in [3.05, 3.63) is 30.1 Å². The fourth-order valence-electron chi connectivity index (χ4n) is 1.62. The van der Waals surface area contributed by atoms with Crippen LogP contribution in [-0.2, 0) is 11.8 Å². The molecule has 84 valence electrons. The monoisotopic (exact) mass is 238 g/mol. The number of rotatable bonds is 3. The summed E-state index contributed by atoms with van der Waals surface area (Å²) in [6.45, 7) is 0. The van der Waals surface area contributed by atoms with Gasteiger partial charge in [0.15, 0.2) is 0 Å². The van der Waals surface area contributed by atoms with Crippen molar-refractivity contribution in [2.24, 2.45) is 7.05 Å². The van der Waals surface area contributed by atoms with Gasteiger partial charge in [-0.2, -0.15) is 0 Å². The SMILES string of the molecule is Cn1cnc2cc(C(Cl)CC(=O)O)ccc21. The summed E-state index contributed by atoms with van der Waals surface area (Å²) in [5.74, 6) is -0.902. The molecule has 0 aliphatic carbocycles. The molecule has 5 heteroatoms. The van der Waals surface area contributed by atoms with Crippen molar-refractivity contribution in [1.82, 2.24) is 9.55 Å². The predicted octanol–water partition coefficient (Wildman–Crippen LogP) is 2.33. The zero-order valence-corrected chi connectivity index (χ0v) is 9.48. The summed E-state index contributed by atoms with van der Waals surface area (Å²) in [6, 6.07) is 5.56. The molecule has 16 heavy (non-hydrogen) atoms. The molecule has 0 radical (unpaired) electrons. The van der Waals surface area contributed by atoms with Gasteiger partial charge in [-0.3, -0.25) is 4.79 Å². The van der Waals surface area contributed by atoms with Gasteiger partial charge in [-0.1, -0.05) is 6.07 Å². The molecule has 4 nitrogen and oxygen atoms in total. The van der Waals surface area contributed by atoms with Gasteiger partial charge in [0, 0.05) is 7.05 Å². The molecular formula is C11H11ClN2O2. The van der Waals surface area contributed by atoms with Crippen LogP contribution in [0, 0.1) is 0 Å². The van der Waals surface area contributed by atoms with Gasteiger partial charge in [-0.15, -0.1) is 11.6 Å². The number of fused-ring (bicyclic) bond motifs is 1. The maximum absolute atomic E-state index is 10.5. The van der Waals surface area contributed by atoms with Crippen molar-refractivity contribution in [3.8, 4) is 0 Å². The van der Waals surface area contributed by atoms with Crippen LogP contribution in [0.4, 0.5) is 0 Å². The van der Waals surface area contributed by atoms with Crippen LogP contribution in [0.15, 0.2) is 24.5 Å². The molecule has 1 N–H and O–H groups in total. The molecule has 0 spiro atoms. The van der Waals surface area contributed by atoms with E-state index in [-0.39, 0.29) is 6.42 Å². The van der Waals surface area contributed by atoms with Gasteiger partial charge >= 0.3 is 5.97 Å². The third-order valence-electron chi connectivity index (χ3n) is 2.47. The molecule has 0 amide bonds. The average molecular weight is 239 g/mol. The molecule has 2 aromatic rings. The summed E-state index contributed by atoms with van der Waals surface area (Å²) in [5, 5.41) is 8.15. The number of carbonyl (C=O) groups is 1. The number of imidazole rings is 1. The molecule has 2 rings (SSSR count). The maximum Gasteiger partial charge on any atom is 0.305 e. The lowest BCUT2D eigenvalue weighted by Crippen LogP contribution is -2.00. The van der Waals surface area contributed by atoms with E-state index in [4.69, 9.17) is 16.7 Å². The summed E-state index contributed by atoms with van der Waals surface area (Å²) < 4.78 is 1.90. The zero-order valence-electron chi connectivity index (χ0n) is 8.72. The van der Waals surface area contributed by atoms with Gasteiger partial charge in [0.2, 0.25) is 0 Å². The number of hydrogen-bond acceptors (Lipinski definition) is 2. The number of benzene rings is 1. The summed E-state index contributed by atoms with van der Waals surface area (Å²) >= 11 is 5.99. The lowest BCUT2D eigenvalue weighted by molar-refractivity contribution is -0.137. The smallest absolute Gasteiger partial charge is 0.305 e. The standard InChI is InChI=1S/C11H11ClN2O2/c1-14-6-13-9-4-7(2-3-10(9)14)8(12)5-11(15)16/h2-4,6,8H,5H2,1H3,(H,15,16). The highest BCUT2D eigenvalue weighted by atomic mass is 35.5. The molecule has 0 saturated carbocycles. The van der Waals surface area contributed by atoms with Gasteiger partial charge < -0.3 is 9.67 Å². The van der Waals surface area contributed by atoms with Crippen LogP contribution in [0.1, 0.15) is 17.4 Å². The van der Waals surface area contributed by atoms with Crippen molar-refractivity contribution >= 4 is 28.6 Å². The van der Waals surface area contributed by atoms with Crippen molar-refractivity contribution in [3.63, 3.8) is 0 Å². The Hall–Kier alpha value is -1.55. The summed E-state index contributed by atoms with van der Waals surface area (Å²) in [7, 11) is 1.91. The van der Waals surface area contributed by atoms with Gasteiger partial charge in [-0.05, 0) is 17.7 Å². The first kappa shape index (κ1) is 11.0. The minimum atomic E-state index is -0.902. The van der Waals surface area contributed by atoms with E-state index in [1.54, 1.807) is 6.33 Å². The summed E-state index contributed by atoms with van der Waals surface area (Å²) in [4.78, 5) is 14.7. The van der Waals surface area contributed by atoms with E-state index >= 15 is 0 Å². The Balaban J connectivity index is 2.35. The Kier molecular flexibility index (Phi) is 2.83. The minimum absolute atomic E-state index is 0.0834. The van der Waals surface area contributed by atoms with Gasteiger partial charge in [0.05, 0.1) is 29.2 Å². The van der Waals surface area contributed by atoms with Crippen LogP contribution < -0.4 is 0 Å². The first-order valence-electron chi connectivity index (χ1n) is 4.85. The molecule has 1 aromatic carbocycles. The topological polar surface area (TPSA) is 55.1 Å². The number of carboxylic acid groups (broad SMARTS) is 1. The van der Waals surface area contributed by atoms with Crippen molar-refractivity contribution in [2.75, 3.05) is 0 Å². The fraction of sp³-hybridized carbons (Fsp3) is 0.273. The average Bonchev–Trinajstić information content (AvgIpc) is 2.59. The number of nitrogens with zero attached hydrogens (tertiary/aromatic N) is 2. The Labute approximate surface area is 97.5 Å². The zero-order chi connectivity index (χ0) is 11.7. The van der Waals surface area contributed by atoms with Crippen LogP contribution in [-0.4, -0.2) is 20.6 Å². The third kappa shape index (κ3) is 2.02. The maximum atomic E-state index is 10.5. The second-order valence-corrected chi connectivity index (χ2v) is 4.20. The van der Waals surface area contributed by atoms with Crippen LogP contribution >= 0.6 is 11.6 Å². The fourth-order valence-corrected chi connectivity index (χ4v) is 1.89. The lowest BCUT2D eigenvalue weighted by atomic mass is 10.1. The second kappa shape index (κ2) is 4.14. The highest BCUT2D eigenvalue weighted by molar-refractivity contribution is 6.21. The molecule has 0 bridgehead atoms. The second-order valence-electron chi connectivity index (χ2n) is 3.67. The van der Waals surface area contributed by atoms with Crippen molar-refractivity contribution in [1.29, 1.82) is 0 Å². The number of alkyl halides is 1. The number of carboxylic acids is 1. The number of hydrogen-bond donors (Lipinski definition) is 1. The molecule has 1 aromatic heterocycles. The number of halogens is 1. The normalized spacial score (nSPS) is 12.9. The van der Waals surface area contributed by atoms with E-state index in [1.807, 2.05) is 29.8 Å². The highest BCUT2D eigenvalue weighted by Crippen LogP contribution is 2.26. The Morgan fingerprint density at radius 1 is 1.62 bits per heavy atom. The van der Waals surface area contributed by atoms with Gasteiger partial charge in [0.1, 0.15) is 0 Å². The molecule has 1 atom stereocenters. The molecule has 0 saturated heterocycles. The largest absolute Gasteiger partial charge is 0.481 e. The number of aromatic nitrogens is 2. The summed E-state index contributed by atoms with van der Waals surface area (Å²) in [6.07, 6.45) is 1.63. The van der Waals surface area contributed by atoms with E-state index in [1.165, 1.54) is 0 Å². The van der Waals surface area contributed by atoms with E-state index in [0.29, 0.717) is 0 Å². The lowest BCUT2D eigenvalue weighted by Gasteiger charge is -2.06. The van der Waals surface area contributed by atoms with Crippen molar-refractivity contribution in [2.45, 2.75) is 11.8 Å². The van der Waals surface area contributed by atoms with Crippen LogP contribution in [0.3, 0.4) is 0 Å². The van der Waals surface area contributed by atoms with Gasteiger partial charge in [-0.25, -0.2) is 4.98 Å². The van der Waals surface area contributed by atoms with Gasteiger partial charge in [0.25, 0.3) is 0 Å². The Morgan fingerprint density at radius 3 is 3.06 bits per heavy atom. The molecule has 0 fully saturated rings. The van der Waals surface area contributed by atoms with E-state index in [0.717, 1.165) is 16.6 Å². The third-order valence-corrected chi connectivity index (χ3v) is 2.87. The quantitative estimate of drug-likeness (QED) is 0.835.